The first-order valence-corrected chi connectivity index (χ1v) is 20.6. The maximum Gasteiger partial charge on any atom is 0.319 e. The number of hydrogen-bond acceptors (Lipinski definition) is 8. The van der Waals surface area contributed by atoms with Gasteiger partial charge in [-0.25, -0.2) is 13.6 Å². The molecule has 326 valence electrons. The summed E-state index contributed by atoms with van der Waals surface area (Å²) in [4.78, 5) is 103. The molecule has 2 aromatic carbocycles. The maximum atomic E-state index is 14.8. The minimum atomic E-state index is -1.51. The second-order valence-corrected chi connectivity index (χ2v) is 16.6. The van der Waals surface area contributed by atoms with Crippen molar-refractivity contribution in [1.29, 1.82) is 0 Å². The number of nitrogens with one attached hydrogen (secondary N) is 4. The average Bonchev–Trinajstić information content (AvgIpc) is 3.84. The lowest BCUT2D eigenvalue weighted by Crippen LogP contribution is -2.63. The standard InChI is InChI=1S/C43H57F2N7O8/c1-8-27-11-13-31(14-12-27)47-43(60)48-32(19-28-17-29(44)20-30(45)18-28)38(55)49-35-23(3)24(4)37(54)34-16-22(2)21-52(34)40(57)25(5)46-39(56)36(26(6)53)50(7)41(58)33-10-9-15-51(33)42(35)59/h11-14,17-18,20,22-26,32-36,53H,8-10,15-16,19,21H2,1-7H3,(H,46,56)(H,49,55)(H2,47,48,60)/t22-,23-,24?,25+,26-,32+,33+,34+,35+,36+/m1/s1. The molecule has 17 heteroatoms. The zero-order valence-electron chi connectivity index (χ0n) is 35.2. The molecule has 7 amide bonds. The van der Waals surface area contributed by atoms with Crippen LogP contribution >= 0.6 is 0 Å². The zero-order valence-corrected chi connectivity index (χ0v) is 35.2. The van der Waals surface area contributed by atoms with Gasteiger partial charge in [-0.2, -0.15) is 0 Å². The molecule has 0 bridgehead atoms. The molecule has 0 saturated carbocycles. The molecular weight excluding hydrogens is 781 g/mol. The van der Waals surface area contributed by atoms with Crippen molar-refractivity contribution < 1.29 is 47.4 Å². The summed E-state index contributed by atoms with van der Waals surface area (Å²) >= 11 is 0. The molecule has 0 aromatic heterocycles. The molecule has 5 rings (SSSR count). The molecule has 3 fully saturated rings. The van der Waals surface area contributed by atoms with E-state index in [-0.39, 0.29) is 36.8 Å². The van der Waals surface area contributed by atoms with Crippen LogP contribution in [0.5, 0.6) is 0 Å². The van der Waals surface area contributed by atoms with Gasteiger partial charge >= 0.3 is 6.03 Å². The Morgan fingerprint density at radius 1 is 0.900 bits per heavy atom. The van der Waals surface area contributed by atoms with Crippen LogP contribution in [-0.4, -0.2) is 124 Å². The maximum absolute atomic E-state index is 14.8. The van der Waals surface area contributed by atoms with E-state index in [9.17, 15) is 47.4 Å². The summed E-state index contributed by atoms with van der Waals surface area (Å²) in [5, 5.41) is 21.3. The van der Waals surface area contributed by atoms with Gasteiger partial charge in [0.2, 0.25) is 29.5 Å². The van der Waals surface area contributed by atoms with Crippen molar-refractivity contribution >= 4 is 47.0 Å². The SMILES string of the molecule is CCc1ccc(NC(=O)N[C@@H](Cc2cc(F)cc(F)c2)C(=O)N[C@@H]2C(=O)N3CCC[C@H]3C(=O)N(C)[C@@H]([C@@H](C)O)C(=O)N[C@@H](C)C(=O)N3C[C@H](C)C[C@H]3C(=O)C(C)[C@H]2C)cc1. The number of rotatable bonds is 8. The first kappa shape index (κ1) is 45.6. The van der Waals surface area contributed by atoms with Gasteiger partial charge in [-0.3, -0.25) is 28.8 Å². The summed E-state index contributed by atoms with van der Waals surface area (Å²) in [6, 6.07) is 1.24. The minimum Gasteiger partial charge on any atom is -0.391 e. The second-order valence-electron chi connectivity index (χ2n) is 16.6. The highest BCUT2D eigenvalue weighted by Crippen LogP contribution is 2.31. The topological polar surface area (TPSA) is 198 Å². The fourth-order valence-corrected chi connectivity index (χ4v) is 8.57. The lowest BCUT2D eigenvalue weighted by Gasteiger charge is -2.38. The van der Waals surface area contributed by atoms with E-state index in [1.807, 2.05) is 26.0 Å². The third-order valence-corrected chi connectivity index (χ3v) is 12.1. The predicted molar refractivity (Wildman–Crippen MR) is 217 cm³/mol. The highest BCUT2D eigenvalue weighted by atomic mass is 19.1. The Bertz CT molecular complexity index is 1940. The van der Waals surface area contributed by atoms with Crippen molar-refractivity contribution in [2.75, 3.05) is 25.5 Å². The Kier molecular flexibility index (Phi) is 14.7. The number of aliphatic hydroxyl groups is 1. The van der Waals surface area contributed by atoms with Crippen LogP contribution in [0.3, 0.4) is 0 Å². The average molecular weight is 838 g/mol. The number of hydrogen-bond donors (Lipinski definition) is 5. The number of amides is 7. The second kappa shape index (κ2) is 19.3. The number of halogens is 2. The highest BCUT2D eigenvalue weighted by Gasteiger charge is 2.48. The van der Waals surface area contributed by atoms with Gasteiger partial charge in [0.25, 0.3) is 0 Å². The number of carbonyl (C=O) groups is 7. The van der Waals surface area contributed by atoms with Crippen molar-refractivity contribution in [1.82, 2.24) is 30.7 Å². The number of Topliss-reactive ketones (excluding diaryl/α,β-unsaturated/α-hetero) is 1. The summed E-state index contributed by atoms with van der Waals surface area (Å²) in [7, 11) is 1.32. The molecule has 3 aliphatic heterocycles. The molecule has 10 atom stereocenters. The van der Waals surface area contributed by atoms with Crippen LogP contribution < -0.4 is 21.3 Å². The van der Waals surface area contributed by atoms with Crippen LogP contribution in [0.4, 0.5) is 19.3 Å². The van der Waals surface area contributed by atoms with Gasteiger partial charge in [0.05, 0.1) is 12.1 Å². The number of aliphatic hydroxyl groups excluding tert-OH is 1. The van der Waals surface area contributed by atoms with Gasteiger partial charge in [-0.15, -0.1) is 0 Å². The van der Waals surface area contributed by atoms with E-state index in [2.05, 4.69) is 21.3 Å². The summed E-state index contributed by atoms with van der Waals surface area (Å²) < 4.78 is 28.8. The lowest BCUT2D eigenvalue weighted by atomic mass is 9.81. The van der Waals surface area contributed by atoms with E-state index in [4.69, 9.17) is 0 Å². The quantitative estimate of drug-likeness (QED) is 0.268. The van der Waals surface area contributed by atoms with Crippen LogP contribution in [0.25, 0.3) is 0 Å². The smallest absolute Gasteiger partial charge is 0.319 e. The van der Waals surface area contributed by atoms with Crippen molar-refractivity contribution in [3.63, 3.8) is 0 Å². The molecule has 3 aliphatic rings. The minimum absolute atomic E-state index is 0.0282. The largest absolute Gasteiger partial charge is 0.391 e. The van der Waals surface area contributed by atoms with Gasteiger partial charge < -0.3 is 41.1 Å². The van der Waals surface area contributed by atoms with Gasteiger partial charge in [0, 0.05) is 44.2 Å². The van der Waals surface area contributed by atoms with Crippen LogP contribution in [0.15, 0.2) is 42.5 Å². The number of ketones is 1. The number of aryl methyl sites for hydroxylation is 1. The summed E-state index contributed by atoms with van der Waals surface area (Å²) in [5.41, 5.74) is 1.45. The molecule has 0 radical (unpaired) electrons. The van der Waals surface area contributed by atoms with E-state index in [1.54, 1.807) is 26.0 Å². The number of carbonyl (C=O) groups excluding carboxylic acids is 7. The van der Waals surface area contributed by atoms with E-state index in [1.165, 1.54) is 30.7 Å². The molecule has 0 aliphatic carbocycles. The first-order valence-electron chi connectivity index (χ1n) is 20.6. The van der Waals surface area contributed by atoms with Gasteiger partial charge in [0.1, 0.15) is 41.8 Å². The van der Waals surface area contributed by atoms with Crippen molar-refractivity contribution in [2.45, 2.75) is 116 Å². The van der Waals surface area contributed by atoms with Gasteiger partial charge in [0.15, 0.2) is 5.78 Å². The molecule has 3 heterocycles. The van der Waals surface area contributed by atoms with Crippen molar-refractivity contribution in [2.24, 2.45) is 17.8 Å². The molecule has 0 spiro atoms. The van der Waals surface area contributed by atoms with E-state index in [0.717, 1.165) is 29.0 Å². The Labute approximate surface area is 349 Å². The molecule has 2 aromatic rings. The Morgan fingerprint density at radius 3 is 2.17 bits per heavy atom. The molecular formula is C43H57F2N7O8. The Morgan fingerprint density at radius 2 is 1.55 bits per heavy atom. The van der Waals surface area contributed by atoms with E-state index >= 15 is 0 Å². The number of anilines is 1. The molecule has 1 unspecified atom stereocenters. The normalized spacial score (nSPS) is 27.8. The molecule has 60 heavy (non-hydrogen) atoms. The Balaban J connectivity index is 1.54. The van der Waals surface area contributed by atoms with Gasteiger partial charge in [-0.05, 0) is 86.8 Å². The van der Waals surface area contributed by atoms with Gasteiger partial charge in [-0.1, -0.05) is 39.8 Å². The van der Waals surface area contributed by atoms with Crippen molar-refractivity contribution in [3.8, 4) is 0 Å². The lowest BCUT2D eigenvalue weighted by molar-refractivity contribution is -0.152. The number of likely N-dealkylation sites (N-methyl/N-ethyl adjacent to an activating group) is 1. The van der Waals surface area contributed by atoms with E-state index < -0.39 is 108 Å². The van der Waals surface area contributed by atoms with Crippen molar-refractivity contribution in [3.05, 3.63) is 65.2 Å². The number of urea groups is 1. The number of benzene rings is 2. The summed E-state index contributed by atoms with van der Waals surface area (Å²) in [5.74, 6) is -7.86. The van der Waals surface area contributed by atoms with E-state index in [0.29, 0.717) is 24.6 Å². The predicted octanol–water partition coefficient (Wildman–Crippen LogP) is 2.54. The number of fused-ring (bicyclic) bond motifs is 2. The van der Waals surface area contributed by atoms with Crippen LogP contribution in [0.1, 0.15) is 71.9 Å². The highest BCUT2D eigenvalue weighted by molar-refractivity contribution is 5.99. The number of nitrogens with zero attached hydrogens (tertiary/aromatic N) is 3. The third-order valence-electron chi connectivity index (χ3n) is 12.1. The zero-order chi connectivity index (χ0) is 44.2. The Hall–Kier alpha value is -5.45. The van der Waals surface area contributed by atoms with Crippen LogP contribution in [0.2, 0.25) is 0 Å². The van der Waals surface area contributed by atoms with Crippen LogP contribution in [-0.2, 0) is 41.6 Å². The molecule has 15 nitrogen and oxygen atoms in total. The molecule has 3 saturated heterocycles. The monoisotopic (exact) mass is 837 g/mol. The first-order chi connectivity index (χ1) is 28.3. The summed E-state index contributed by atoms with van der Waals surface area (Å²) in [6.45, 7) is 10.1. The summed E-state index contributed by atoms with van der Waals surface area (Å²) in [6.07, 6.45) is -0.157. The van der Waals surface area contributed by atoms with Crippen LogP contribution in [0, 0.1) is 29.4 Å². The third kappa shape index (κ3) is 10.3. The molecule has 5 N–H and O–H groups in total. The fourth-order valence-electron chi connectivity index (χ4n) is 8.57. The fraction of sp³-hybridized carbons (Fsp3) is 0.558.